The van der Waals surface area contributed by atoms with Gasteiger partial charge in [0.05, 0.1) is 0 Å². The molecule has 0 bridgehead atoms. The van der Waals surface area contributed by atoms with Crippen molar-refractivity contribution in [3.63, 3.8) is 0 Å². The van der Waals surface area contributed by atoms with E-state index in [4.69, 9.17) is 5.11 Å². The fraction of sp³-hybridized carbons (Fsp3) is 0.846. The van der Waals surface area contributed by atoms with E-state index in [1.54, 1.807) is 6.92 Å². The third-order valence-electron chi connectivity index (χ3n) is 3.86. The highest BCUT2D eigenvalue weighted by molar-refractivity contribution is 5.85. The van der Waals surface area contributed by atoms with Gasteiger partial charge in [0.25, 0.3) is 0 Å². The minimum Gasteiger partial charge on any atom is -0.480 e. The predicted octanol–water partition coefficient (Wildman–Crippen LogP) is 2.43. The number of aliphatic carboxylic acids is 1. The van der Waals surface area contributed by atoms with Crippen LogP contribution in [0, 0.1) is 11.8 Å². The van der Waals surface area contributed by atoms with E-state index < -0.39 is 29.8 Å². The molecule has 0 aromatic rings. The van der Waals surface area contributed by atoms with Crippen molar-refractivity contribution < 1.29 is 23.5 Å². The van der Waals surface area contributed by atoms with Crippen LogP contribution >= 0.6 is 0 Å². The zero-order valence-corrected chi connectivity index (χ0v) is 11.3. The molecule has 0 saturated heterocycles. The van der Waals surface area contributed by atoms with Gasteiger partial charge >= 0.3 is 5.97 Å². The van der Waals surface area contributed by atoms with Crippen molar-refractivity contribution >= 4 is 11.9 Å². The second-order valence-electron chi connectivity index (χ2n) is 5.34. The van der Waals surface area contributed by atoms with Crippen LogP contribution in [0.2, 0.25) is 0 Å². The Balaban J connectivity index is 2.56. The van der Waals surface area contributed by atoms with E-state index in [-0.39, 0.29) is 31.6 Å². The van der Waals surface area contributed by atoms with Gasteiger partial charge in [0.1, 0.15) is 6.04 Å². The highest BCUT2D eigenvalue weighted by Crippen LogP contribution is 2.36. The smallest absolute Gasteiger partial charge is 0.326 e. The van der Waals surface area contributed by atoms with E-state index in [2.05, 4.69) is 5.32 Å². The van der Waals surface area contributed by atoms with Gasteiger partial charge in [0.15, 0.2) is 0 Å². The first-order valence-corrected chi connectivity index (χ1v) is 6.68. The van der Waals surface area contributed by atoms with Gasteiger partial charge in [-0.05, 0) is 18.8 Å². The van der Waals surface area contributed by atoms with Crippen LogP contribution in [0.4, 0.5) is 8.78 Å². The molecule has 0 radical (unpaired) electrons. The number of hydrogen-bond donors (Lipinski definition) is 2. The molecule has 6 heteroatoms. The molecule has 0 aliphatic heterocycles. The summed E-state index contributed by atoms with van der Waals surface area (Å²) in [5.74, 6) is -4.86. The Morgan fingerprint density at radius 2 is 1.89 bits per heavy atom. The number of carbonyl (C=O) groups excluding carboxylic acids is 1. The van der Waals surface area contributed by atoms with Gasteiger partial charge in [-0.2, -0.15) is 0 Å². The van der Waals surface area contributed by atoms with E-state index in [0.29, 0.717) is 6.42 Å². The fourth-order valence-electron chi connectivity index (χ4n) is 2.26. The van der Waals surface area contributed by atoms with Crippen molar-refractivity contribution in [1.82, 2.24) is 5.32 Å². The molecule has 1 amide bonds. The number of carboxylic acids is 1. The molecule has 1 rings (SSSR count). The van der Waals surface area contributed by atoms with Crippen LogP contribution in [-0.4, -0.2) is 28.9 Å². The minimum absolute atomic E-state index is 0.117. The maximum atomic E-state index is 13.0. The summed E-state index contributed by atoms with van der Waals surface area (Å²) < 4.78 is 26.0. The van der Waals surface area contributed by atoms with Gasteiger partial charge < -0.3 is 10.4 Å². The number of hydrogen-bond acceptors (Lipinski definition) is 2. The Kier molecular flexibility index (Phi) is 5.26. The molecule has 0 aromatic heterocycles. The number of carbonyl (C=O) groups is 2. The highest BCUT2D eigenvalue weighted by atomic mass is 19.3. The monoisotopic (exact) mass is 277 g/mol. The van der Waals surface area contributed by atoms with Crippen molar-refractivity contribution in [2.45, 2.75) is 57.9 Å². The van der Waals surface area contributed by atoms with Gasteiger partial charge in [-0.3, -0.25) is 4.79 Å². The van der Waals surface area contributed by atoms with Crippen LogP contribution in [0.5, 0.6) is 0 Å². The SMILES string of the molecule is CCC(C)C(NC(=O)C1CCC(F)(F)CC1)C(=O)O. The first-order chi connectivity index (χ1) is 8.76. The Morgan fingerprint density at radius 1 is 1.37 bits per heavy atom. The van der Waals surface area contributed by atoms with Crippen LogP contribution in [0.15, 0.2) is 0 Å². The van der Waals surface area contributed by atoms with Gasteiger partial charge in [-0.25, -0.2) is 13.6 Å². The van der Waals surface area contributed by atoms with Gasteiger partial charge in [-0.1, -0.05) is 20.3 Å². The molecule has 2 atom stereocenters. The van der Waals surface area contributed by atoms with Crippen molar-refractivity contribution in [2.75, 3.05) is 0 Å². The molecule has 1 aliphatic carbocycles. The molecule has 2 unspecified atom stereocenters. The summed E-state index contributed by atoms with van der Waals surface area (Å²) in [6, 6.07) is -0.945. The lowest BCUT2D eigenvalue weighted by atomic mass is 9.85. The molecule has 4 nitrogen and oxygen atoms in total. The maximum Gasteiger partial charge on any atom is 0.326 e. The molecule has 1 aliphatic rings. The molecule has 1 fully saturated rings. The van der Waals surface area contributed by atoms with Crippen LogP contribution < -0.4 is 5.32 Å². The second kappa shape index (κ2) is 6.30. The Labute approximate surface area is 111 Å². The lowest BCUT2D eigenvalue weighted by Gasteiger charge is -2.29. The Morgan fingerprint density at radius 3 is 2.32 bits per heavy atom. The van der Waals surface area contributed by atoms with Crippen LogP contribution in [0.25, 0.3) is 0 Å². The van der Waals surface area contributed by atoms with Crippen LogP contribution in [-0.2, 0) is 9.59 Å². The summed E-state index contributed by atoms with van der Waals surface area (Å²) >= 11 is 0. The number of carboxylic acid groups (broad SMARTS) is 1. The molecule has 0 aromatic carbocycles. The summed E-state index contributed by atoms with van der Waals surface area (Å²) in [4.78, 5) is 23.0. The molecular formula is C13H21F2NO3. The lowest BCUT2D eigenvalue weighted by Crippen LogP contribution is -2.48. The minimum atomic E-state index is -2.68. The van der Waals surface area contributed by atoms with Crippen LogP contribution in [0.3, 0.4) is 0 Å². The lowest BCUT2D eigenvalue weighted by molar-refractivity contribution is -0.145. The van der Waals surface area contributed by atoms with E-state index in [1.807, 2.05) is 6.92 Å². The first kappa shape index (κ1) is 15.9. The summed E-state index contributed by atoms with van der Waals surface area (Å²) in [6.07, 6.45) is 0.260. The van der Waals surface area contributed by atoms with Crippen LogP contribution in [0.1, 0.15) is 46.0 Å². The Hall–Kier alpha value is -1.20. The third kappa shape index (κ3) is 4.44. The van der Waals surface area contributed by atoms with E-state index in [0.717, 1.165) is 0 Å². The zero-order valence-electron chi connectivity index (χ0n) is 11.3. The number of nitrogens with one attached hydrogen (secondary N) is 1. The molecule has 110 valence electrons. The molecule has 0 heterocycles. The summed E-state index contributed by atoms with van der Waals surface area (Å²) in [5.41, 5.74) is 0. The number of rotatable bonds is 5. The Bertz CT molecular complexity index is 337. The summed E-state index contributed by atoms with van der Waals surface area (Å²) in [5, 5.41) is 11.6. The van der Waals surface area contributed by atoms with Gasteiger partial charge in [0.2, 0.25) is 11.8 Å². The number of halogens is 2. The van der Waals surface area contributed by atoms with E-state index in [9.17, 15) is 18.4 Å². The maximum absolute atomic E-state index is 13.0. The third-order valence-corrected chi connectivity index (χ3v) is 3.86. The van der Waals surface area contributed by atoms with Gasteiger partial charge in [-0.15, -0.1) is 0 Å². The molecule has 1 saturated carbocycles. The topological polar surface area (TPSA) is 66.4 Å². The van der Waals surface area contributed by atoms with Crippen molar-refractivity contribution in [1.29, 1.82) is 0 Å². The van der Waals surface area contributed by atoms with E-state index in [1.165, 1.54) is 0 Å². The predicted molar refractivity (Wildman–Crippen MR) is 65.9 cm³/mol. The average molecular weight is 277 g/mol. The summed E-state index contributed by atoms with van der Waals surface area (Å²) in [6.45, 7) is 3.59. The quantitative estimate of drug-likeness (QED) is 0.811. The largest absolute Gasteiger partial charge is 0.480 e. The van der Waals surface area contributed by atoms with Crippen molar-refractivity contribution in [3.05, 3.63) is 0 Å². The molecule has 0 spiro atoms. The molecule has 19 heavy (non-hydrogen) atoms. The zero-order chi connectivity index (χ0) is 14.6. The molecular weight excluding hydrogens is 256 g/mol. The normalized spacial score (nSPS) is 22.5. The van der Waals surface area contributed by atoms with Crippen molar-refractivity contribution in [2.24, 2.45) is 11.8 Å². The average Bonchev–Trinajstić information content (AvgIpc) is 2.34. The standard InChI is InChI=1S/C13H21F2NO3/c1-3-8(2)10(12(18)19)16-11(17)9-4-6-13(14,15)7-5-9/h8-10H,3-7H2,1-2H3,(H,16,17)(H,18,19). The molecule has 2 N–H and O–H groups in total. The summed E-state index contributed by atoms with van der Waals surface area (Å²) in [7, 11) is 0. The number of amides is 1. The highest BCUT2D eigenvalue weighted by Gasteiger charge is 2.38. The van der Waals surface area contributed by atoms with Crippen molar-refractivity contribution in [3.8, 4) is 0 Å². The number of alkyl halides is 2. The van der Waals surface area contributed by atoms with Gasteiger partial charge in [0, 0.05) is 18.8 Å². The fourth-order valence-corrected chi connectivity index (χ4v) is 2.26. The second-order valence-corrected chi connectivity index (χ2v) is 5.34. The van der Waals surface area contributed by atoms with E-state index >= 15 is 0 Å². The first-order valence-electron chi connectivity index (χ1n) is 6.68.